The number of halogens is 1. The smallest absolute Gasteiger partial charge is 0.383 e. The summed E-state index contributed by atoms with van der Waals surface area (Å²) in [7, 11) is -8.79. The molecule has 0 aliphatic carbocycles. The summed E-state index contributed by atoms with van der Waals surface area (Å²) < 4.78 is 50.0. The Morgan fingerprint density at radius 1 is 1.56 bits per heavy atom. The van der Waals surface area contributed by atoms with Crippen molar-refractivity contribution in [3.63, 3.8) is 0 Å². The summed E-state index contributed by atoms with van der Waals surface area (Å²) in [6.45, 7) is 1.67. The second-order valence-electron chi connectivity index (χ2n) is 5.33. The van der Waals surface area contributed by atoms with Gasteiger partial charge >= 0.3 is 21.8 Å². The van der Waals surface area contributed by atoms with E-state index in [1.807, 2.05) is 4.98 Å². The summed E-state index contributed by atoms with van der Waals surface area (Å²) in [6.07, 6.45) is -2.96. The highest BCUT2D eigenvalue weighted by Crippen LogP contribution is 2.53. The van der Waals surface area contributed by atoms with E-state index >= 15 is 0 Å². The van der Waals surface area contributed by atoms with Gasteiger partial charge in [-0.15, -0.1) is 4.89 Å². The van der Waals surface area contributed by atoms with E-state index in [0.29, 0.717) is 10.6 Å². The molecule has 1 fully saturated rings. The van der Waals surface area contributed by atoms with Gasteiger partial charge in [0.25, 0.3) is 11.4 Å². The number of aliphatic hydroxyl groups excluding tert-OH is 1. The number of aromatic amines is 1. The molecule has 1 aliphatic heterocycles. The van der Waals surface area contributed by atoms with E-state index in [9.17, 15) is 38.2 Å². The van der Waals surface area contributed by atoms with Gasteiger partial charge in [0, 0.05) is 16.8 Å². The Balaban J connectivity index is 2.36. The molecule has 2 rings (SSSR count). The molecule has 16 heteroatoms. The summed E-state index contributed by atoms with van der Waals surface area (Å²) >= 11 is 0. The van der Waals surface area contributed by atoms with Gasteiger partial charge in [0.2, 0.25) is 0 Å². The highest BCUT2D eigenvalue weighted by Gasteiger charge is 2.65. The normalized spacial score (nSPS) is 33.4. The summed E-state index contributed by atoms with van der Waals surface area (Å²) in [5.74, 6) is -3.38. The monoisotopic (exact) mass is 431 g/mol. The first-order chi connectivity index (χ1) is 12.3. The van der Waals surface area contributed by atoms with Crippen LogP contribution in [0.15, 0.2) is 34.5 Å². The quantitative estimate of drug-likeness (QED) is 0.257. The molecule has 13 nitrogen and oxygen atoms in total. The number of hydrogen-bond donors (Lipinski definition) is 5. The minimum absolute atomic E-state index is 0.535. The number of nitrogens with zero attached hydrogens (tertiary/aromatic N) is 1. The molecule has 0 amide bonds. The van der Waals surface area contributed by atoms with E-state index in [-0.39, 0.29) is 0 Å². The van der Waals surface area contributed by atoms with Crippen LogP contribution in [0.1, 0.15) is 6.23 Å². The fourth-order valence-electron chi connectivity index (χ4n) is 2.32. The van der Waals surface area contributed by atoms with Crippen LogP contribution in [0.3, 0.4) is 0 Å². The Labute approximate surface area is 149 Å². The molecule has 150 valence electrons. The predicted octanol–water partition coefficient (Wildman–Crippen LogP) is -1.21. The van der Waals surface area contributed by atoms with Crippen LogP contribution in [0.5, 0.6) is 0 Å². The number of phosphoric ester groups is 1. The first-order valence-corrected chi connectivity index (χ1v) is 9.52. The van der Waals surface area contributed by atoms with E-state index in [4.69, 9.17) is 9.63 Å². The number of ether oxygens (including phenoxy) is 1. The number of H-pyrrole nitrogens is 1. The molecule has 2 unspecified atom stereocenters. The molecule has 1 aliphatic rings. The highest BCUT2D eigenvalue weighted by atomic mass is 31.2. The van der Waals surface area contributed by atoms with Gasteiger partial charge in [-0.25, -0.2) is 13.8 Å². The second-order valence-corrected chi connectivity index (χ2v) is 7.65. The first kappa shape index (κ1) is 21.7. The van der Waals surface area contributed by atoms with Gasteiger partial charge in [-0.3, -0.25) is 23.8 Å². The van der Waals surface area contributed by atoms with Crippen molar-refractivity contribution < 1.29 is 47.1 Å². The number of aromatic nitrogens is 2. The lowest BCUT2D eigenvalue weighted by molar-refractivity contribution is -0.204. The summed E-state index contributed by atoms with van der Waals surface area (Å²) in [5, 5.41) is 20.6. The second kappa shape index (κ2) is 7.43. The topological polar surface area (TPSA) is 198 Å². The molecule has 2 heterocycles. The Kier molecular flexibility index (Phi) is 5.97. The molecule has 6 atom stereocenters. The molecule has 0 spiro atoms. The van der Waals surface area contributed by atoms with Gasteiger partial charge in [0.1, 0.15) is 6.61 Å². The van der Waals surface area contributed by atoms with E-state index in [1.165, 1.54) is 0 Å². The number of alkyl halides is 1. The van der Waals surface area contributed by atoms with Crippen molar-refractivity contribution in [3.8, 4) is 0 Å². The Morgan fingerprint density at radius 2 is 2.19 bits per heavy atom. The Morgan fingerprint density at radius 3 is 2.70 bits per heavy atom. The minimum atomic E-state index is -5.22. The van der Waals surface area contributed by atoms with Gasteiger partial charge in [-0.2, -0.15) is 0 Å². The van der Waals surface area contributed by atoms with Gasteiger partial charge in [-0.05, 0) is 4.31 Å². The molecular weight excluding hydrogens is 417 g/mol. The summed E-state index contributed by atoms with van der Waals surface area (Å²) in [6, 6.07) is 0.850. The van der Waals surface area contributed by atoms with Gasteiger partial charge in [0.15, 0.2) is 17.9 Å². The van der Waals surface area contributed by atoms with E-state index in [2.05, 4.69) is 15.4 Å². The average molecular weight is 431 g/mol. The van der Waals surface area contributed by atoms with Gasteiger partial charge < -0.3 is 14.9 Å². The van der Waals surface area contributed by atoms with Crippen LogP contribution in [0.4, 0.5) is 4.39 Å². The third-order valence-corrected chi connectivity index (χ3v) is 5.42. The number of phosphoric acid groups is 1. The fraction of sp³-hybridized carbons (Fsp3) is 0.455. The molecule has 1 aromatic rings. The van der Waals surface area contributed by atoms with Crippen LogP contribution in [-0.4, -0.2) is 53.7 Å². The fourth-order valence-corrected chi connectivity index (χ4v) is 3.56. The number of rotatable bonds is 7. The predicted molar refractivity (Wildman–Crippen MR) is 83.1 cm³/mol. The zero-order valence-electron chi connectivity index (χ0n) is 13.2. The van der Waals surface area contributed by atoms with Gasteiger partial charge in [-0.1, -0.05) is 12.7 Å². The standard InChI is InChI=1S/C11H13FN2O11P2/c1-2-10(18)7(16)11(12,5-23-27(21,22)25-26(19)20)24-8(10)14-4-3-6(15)13-9(14)17/h2-4,7-8,16,18H,1,5H2,(H2-,13,15,17,19,20,21,22)/p+1/t7-,8+,10+,11+/m0/s1. The highest BCUT2D eigenvalue weighted by molar-refractivity contribution is 7.55. The Hall–Kier alpha value is -1.60. The molecule has 1 saturated heterocycles. The van der Waals surface area contributed by atoms with Crippen LogP contribution in [0, 0.1) is 0 Å². The maximum absolute atomic E-state index is 15.0. The molecule has 1 aromatic heterocycles. The lowest BCUT2D eigenvalue weighted by Crippen LogP contribution is -2.50. The number of aliphatic hydroxyl groups is 2. The van der Waals surface area contributed by atoms with E-state index in [1.54, 1.807) is 0 Å². The maximum Gasteiger partial charge on any atom is 0.705 e. The molecular formula is C11H14FN2O11P2+. The van der Waals surface area contributed by atoms with Crippen molar-refractivity contribution in [1.82, 2.24) is 9.55 Å². The van der Waals surface area contributed by atoms with Crippen molar-refractivity contribution in [2.75, 3.05) is 6.61 Å². The SMILES string of the molecule is C=C[C@]1(O)[C@H](n2ccc(=O)[nH]c2=O)O[C@](F)(COP(=O)(O)O[P+](=O)O)[C@H]1O. The van der Waals surface area contributed by atoms with Crippen molar-refractivity contribution in [1.29, 1.82) is 0 Å². The van der Waals surface area contributed by atoms with Crippen molar-refractivity contribution in [2.24, 2.45) is 0 Å². The molecule has 0 bridgehead atoms. The van der Waals surface area contributed by atoms with Crippen molar-refractivity contribution in [2.45, 2.75) is 23.8 Å². The third-order valence-electron chi connectivity index (χ3n) is 3.58. The van der Waals surface area contributed by atoms with Crippen molar-refractivity contribution in [3.05, 3.63) is 45.8 Å². The summed E-state index contributed by atoms with van der Waals surface area (Å²) in [5.41, 5.74) is -4.57. The zero-order chi connectivity index (χ0) is 20.6. The number of hydrogen-bond acceptors (Lipinski definition) is 9. The molecule has 5 N–H and O–H groups in total. The lowest BCUT2D eigenvalue weighted by Gasteiger charge is -2.28. The number of nitrogens with one attached hydrogen (secondary N) is 1. The molecule has 27 heavy (non-hydrogen) atoms. The zero-order valence-corrected chi connectivity index (χ0v) is 15.0. The van der Waals surface area contributed by atoms with Crippen LogP contribution in [-0.2, 0) is 22.7 Å². The first-order valence-electron chi connectivity index (χ1n) is 6.90. The summed E-state index contributed by atoms with van der Waals surface area (Å²) in [4.78, 5) is 42.4. The molecule has 0 saturated carbocycles. The largest absolute Gasteiger partial charge is 0.705 e. The van der Waals surface area contributed by atoms with Gasteiger partial charge in [0.05, 0.1) is 0 Å². The Bertz CT molecular complexity index is 918. The van der Waals surface area contributed by atoms with Crippen molar-refractivity contribution >= 4 is 16.1 Å². The minimum Gasteiger partial charge on any atom is -0.383 e. The van der Waals surface area contributed by atoms with E-state index < -0.39 is 57.7 Å². The maximum atomic E-state index is 15.0. The molecule has 0 aromatic carbocycles. The van der Waals surface area contributed by atoms with Crippen LogP contribution in [0.25, 0.3) is 0 Å². The van der Waals surface area contributed by atoms with Crippen LogP contribution in [0.2, 0.25) is 0 Å². The van der Waals surface area contributed by atoms with E-state index in [0.717, 1.165) is 12.3 Å². The van der Waals surface area contributed by atoms with Crippen LogP contribution < -0.4 is 11.2 Å². The lowest BCUT2D eigenvalue weighted by atomic mass is 9.93. The third kappa shape index (κ3) is 4.29. The average Bonchev–Trinajstić information content (AvgIpc) is 2.75. The van der Waals surface area contributed by atoms with Crippen LogP contribution >= 0.6 is 16.1 Å². The molecule has 0 radical (unpaired) electrons.